The van der Waals surface area contributed by atoms with Gasteiger partial charge in [0.15, 0.2) is 0 Å². The molecule has 20 heavy (non-hydrogen) atoms. The molecule has 1 N–H and O–H groups in total. The molecular weight excluding hydrogens is 258 g/mol. The number of hydrogen-bond acceptors (Lipinski definition) is 4. The molecule has 0 aliphatic carbocycles. The topological polar surface area (TPSA) is 87.9 Å². The van der Waals surface area contributed by atoms with Gasteiger partial charge in [-0.05, 0) is 24.3 Å². The van der Waals surface area contributed by atoms with Crippen molar-refractivity contribution >= 4 is 0 Å². The standard InChI is InChI=1S/C14H13N3O3/c15-10-11-2-4-12(5-3-11)20-9-1-8-17-14(19)7-6-13(18)16-17/h2-7H,1,8-9H2,(H,16,18). The van der Waals surface area contributed by atoms with E-state index in [2.05, 4.69) is 5.10 Å². The summed E-state index contributed by atoms with van der Waals surface area (Å²) in [5.41, 5.74) is 0.0198. The highest BCUT2D eigenvalue weighted by Crippen LogP contribution is 2.11. The number of nitriles is 1. The number of benzene rings is 1. The Morgan fingerprint density at radius 1 is 1.15 bits per heavy atom. The van der Waals surface area contributed by atoms with Crippen LogP contribution in [0.3, 0.4) is 0 Å². The van der Waals surface area contributed by atoms with Crippen LogP contribution in [0.5, 0.6) is 5.75 Å². The molecule has 1 aromatic heterocycles. The third kappa shape index (κ3) is 3.59. The largest absolute Gasteiger partial charge is 0.494 e. The smallest absolute Gasteiger partial charge is 0.265 e. The molecule has 1 heterocycles. The fourth-order valence-corrected chi connectivity index (χ4v) is 1.67. The van der Waals surface area contributed by atoms with Gasteiger partial charge >= 0.3 is 0 Å². The van der Waals surface area contributed by atoms with Gasteiger partial charge in [-0.25, -0.2) is 0 Å². The Bertz CT molecular complexity index is 723. The van der Waals surface area contributed by atoms with E-state index in [-0.39, 0.29) is 11.1 Å². The van der Waals surface area contributed by atoms with Gasteiger partial charge in [0, 0.05) is 25.1 Å². The summed E-state index contributed by atoms with van der Waals surface area (Å²) >= 11 is 0. The van der Waals surface area contributed by atoms with Crippen LogP contribution in [0.25, 0.3) is 0 Å². The Labute approximate surface area is 114 Å². The van der Waals surface area contributed by atoms with Crippen LogP contribution < -0.4 is 15.9 Å². The SMILES string of the molecule is N#Cc1ccc(OCCCn2[nH]c(=O)ccc2=O)cc1. The van der Waals surface area contributed by atoms with E-state index < -0.39 is 0 Å². The molecule has 6 heteroatoms. The number of hydrogen-bond donors (Lipinski definition) is 1. The van der Waals surface area contributed by atoms with Crippen LogP contribution in [0.1, 0.15) is 12.0 Å². The molecule has 102 valence electrons. The third-order valence-corrected chi connectivity index (χ3v) is 2.67. The van der Waals surface area contributed by atoms with Gasteiger partial charge in [0.2, 0.25) is 0 Å². The van der Waals surface area contributed by atoms with E-state index in [1.165, 1.54) is 16.8 Å². The molecule has 0 fully saturated rings. The van der Waals surface area contributed by atoms with Crippen LogP contribution in [-0.2, 0) is 6.54 Å². The first kappa shape index (κ1) is 13.6. The fraction of sp³-hybridized carbons (Fsp3) is 0.214. The van der Waals surface area contributed by atoms with Crippen molar-refractivity contribution in [1.29, 1.82) is 5.26 Å². The predicted molar refractivity (Wildman–Crippen MR) is 72.6 cm³/mol. The molecular formula is C14H13N3O3. The van der Waals surface area contributed by atoms with E-state index >= 15 is 0 Å². The zero-order valence-corrected chi connectivity index (χ0v) is 10.7. The lowest BCUT2D eigenvalue weighted by Crippen LogP contribution is -2.28. The minimum absolute atomic E-state index is 0.247. The van der Waals surface area contributed by atoms with Crippen molar-refractivity contribution in [3.8, 4) is 11.8 Å². The van der Waals surface area contributed by atoms with Crippen molar-refractivity contribution in [2.75, 3.05) is 6.61 Å². The molecule has 0 saturated heterocycles. The zero-order chi connectivity index (χ0) is 14.4. The molecule has 6 nitrogen and oxygen atoms in total. The summed E-state index contributed by atoms with van der Waals surface area (Å²) in [5.74, 6) is 0.665. The predicted octanol–water partition coefficient (Wildman–Crippen LogP) is 0.877. The van der Waals surface area contributed by atoms with Crippen LogP contribution >= 0.6 is 0 Å². The van der Waals surface area contributed by atoms with Gasteiger partial charge in [-0.15, -0.1) is 0 Å². The van der Waals surface area contributed by atoms with Crippen LogP contribution in [-0.4, -0.2) is 16.4 Å². The quantitative estimate of drug-likeness (QED) is 0.817. The Morgan fingerprint density at radius 2 is 1.90 bits per heavy atom. The Hall–Kier alpha value is -2.81. The second-order valence-corrected chi connectivity index (χ2v) is 4.14. The Kier molecular flexibility index (Phi) is 4.35. The minimum Gasteiger partial charge on any atom is -0.494 e. The van der Waals surface area contributed by atoms with Crippen molar-refractivity contribution in [3.63, 3.8) is 0 Å². The minimum atomic E-state index is -0.308. The van der Waals surface area contributed by atoms with Gasteiger partial charge in [-0.2, -0.15) is 5.26 Å². The van der Waals surface area contributed by atoms with E-state index in [1.807, 2.05) is 6.07 Å². The molecule has 0 amide bonds. The van der Waals surface area contributed by atoms with Crippen LogP contribution in [0.2, 0.25) is 0 Å². The number of aryl methyl sites for hydroxylation is 1. The molecule has 2 aromatic rings. The molecule has 0 spiro atoms. The maximum Gasteiger partial charge on any atom is 0.265 e. The summed E-state index contributed by atoms with van der Waals surface area (Å²) in [7, 11) is 0. The Morgan fingerprint density at radius 3 is 2.60 bits per heavy atom. The molecule has 0 aliphatic heterocycles. The van der Waals surface area contributed by atoms with Gasteiger partial charge < -0.3 is 4.74 Å². The first-order chi connectivity index (χ1) is 9.69. The van der Waals surface area contributed by atoms with Gasteiger partial charge in [-0.3, -0.25) is 19.4 Å². The Balaban J connectivity index is 1.84. The summed E-state index contributed by atoms with van der Waals surface area (Å²) in [4.78, 5) is 22.5. The van der Waals surface area contributed by atoms with Crippen LogP contribution in [0, 0.1) is 11.3 Å². The number of nitrogens with one attached hydrogen (secondary N) is 1. The lowest BCUT2D eigenvalue weighted by molar-refractivity contribution is 0.296. The van der Waals surface area contributed by atoms with Gasteiger partial charge in [0.25, 0.3) is 11.1 Å². The van der Waals surface area contributed by atoms with Gasteiger partial charge in [-0.1, -0.05) is 0 Å². The first-order valence-electron chi connectivity index (χ1n) is 6.12. The second-order valence-electron chi connectivity index (χ2n) is 4.14. The zero-order valence-electron chi connectivity index (χ0n) is 10.7. The van der Waals surface area contributed by atoms with E-state index in [9.17, 15) is 9.59 Å². The van der Waals surface area contributed by atoms with Crippen molar-refractivity contribution in [1.82, 2.24) is 9.78 Å². The summed E-state index contributed by atoms with van der Waals surface area (Å²) in [6, 6.07) is 11.2. The van der Waals surface area contributed by atoms with Crippen LogP contribution in [0.4, 0.5) is 0 Å². The monoisotopic (exact) mass is 271 g/mol. The fourth-order valence-electron chi connectivity index (χ4n) is 1.67. The van der Waals surface area contributed by atoms with E-state index in [0.717, 1.165) is 0 Å². The highest BCUT2D eigenvalue weighted by Gasteiger charge is 1.98. The molecule has 0 radical (unpaired) electrons. The van der Waals surface area contributed by atoms with Crippen molar-refractivity contribution < 1.29 is 4.74 Å². The molecule has 0 unspecified atom stereocenters. The highest BCUT2D eigenvalue weighted by molar-refractivity contribution is 5.34. The lowest BCUT2D eigenvalue weighted by atomic mass is 10.2. The summed E-state index contributed by atoms with van der Waals surface area (Å²) in [6.45, 7) is 0.792. The first-order valence-corrected chi connectivity index (χ1v) is 6.12. The summed E-state index contributed by atoms with van der Waals surface area (Å²) in [5, 5.41) is 11.1. The molecule has 0 aliphatic rings. The molecule has 2 rings (SSSR count). The summed E-state index contributed by atoms with van der Waals surface area (Å²) < 4.78 is 6.73. The van der Waals surface area contributed by atoms with E-state index in [0.29, 0.717) is 30.9 Å². The maximum atomic E-state index is 11.4. The maximum absolute atomic E-state index is 11.4. The average Bonchev–Trinajstić information content (AvgIpc) is 2.47. The highest BCUT2D eigenvalue weighted by atomic mass is 16.5. The number of H-pyrrole nitrogens is 1. The number of ether oxygens (including phenoxy) is 1. The number of aromatic nitrogens is 2. The van der Waals surface area contributed by atoms with E-state index in [1.54, 1.807) is 24.3 Å². The second kappa shape index (κ2) is 6.38. The lowest BCUT2D eigenvalue weighted by Gasteiger charge is -2.07. The molecule has 0 atom stereocenters. The number of rotatable bonds is 5. The van der Waals surface area contributed by atoms with E-state index in [4.69, 9.17) is 10.00 Å². The molecule has 0 saturated carbocycles. The normalized spacial score (nSPS) is 9.95. The average molecular weight is 271 g/mol. The van der Waals surface area contributed by atoms with Gasteiger partial charge in [0.05, 0.1) is 18.2 Å². The molecule has 0 bridgehead atoms. The molecule has 1 aromatic carbocycles. The van der Waals surface area contributed by atoms with Crippen LogP contribution in [0.15, 0.2) is 46.0 Å². The van der Waals surface area contributed by atoms with Gasteiger partial charge in [0.1, 0.15) is 5.75 Å². The van der Waals surface area contributed by atoms with Crippen molar-refractivity contribution in [2.45, 2.75) is 13.0 Å². The number of aromatic amines is 1. The number of nitrogens with zero attached hydrogens (tertiary/aromatic N) is 2. The van der Waals surface area contributed by atoms with Crippen molar-refractivity contribution in [2.24, 2.45) is 0 Å². The third-order valence-electron chi connectivity index (χ3n) is 2.67. The summed E-state index contributed by atoms with van der Waals surface area (Å²) in [6.07, 6.45) is 0.583. The van der Waals surface area contributed by atoms with Crippen molar-refractivity contribution in [3.05, 3.63) is 62.7 Å².